The molecule has 5 nitrogen and oxygen atoms in total. The molecule has 1 amide bonds. The molecule has 0 spiro atoms. The van der Waals surface area contributed by atoms with Gasteiger partial charge in [0.1, 0.15) is 0 Å². The van der Waals surface area contributed by atoms with Gasteiger partial charge < -0.3 is 15.5 Å². The molecule has 4 aromatic rings. The molecule has 2 heterocycles. The molecule has 1 aliphatic heterocycles. The summed E-state index contributed by atoms with van der Waals surface area (Å²) in [4.78, 5) is 19.7. The number of likely N-dealkylation sites (tertiary alicyclic amines) is 1. The van der Waals surface area contributed by atoms with E-state index in [0.29, 0.717) is 5.56 Å². The molecule has 1 aliphatic rings. The van der Waals surface area contributed by atoms with Crippen LogP contribution in [0.2, 0.25) is 0 Å². The van der Waals surface area contributed by atoms with Crippen LogP contribution in [0.3, 0.4) is 0 Å². The van der Waals surface area contributed by atoms with Crippen molar-refractivity contribution in [2.45, 2.75) is 25.8 Å². The molecule has 162 valence electrons. The van der Waals surface area contributed by atoms with Crippen LogP contribution in [-0.2, 0) is 0 Å². The number of rotatable bonds is 5. The molecule has 1 aromatic heterocycles. The van der Waals surface area contributed by atoms with Crippen LogP contribution in [0.1, 0.15) is 30.1 Å². The van der Waals surface area contributed by atoms with Crippen molar-refractivity contribution in [3.63, 3.8) is 0 Å². The lowest BCUT2D eigenvalue weighted by atomic mass is 10.0. The Morgan fingerprint density at radius 1 is 1.06 bits per heavy atom. The maximum atomic E-state index is 12.7. The molecular weight excluding hydrogens is 396 g/mol. The molecular formula is C27H28N4O. The maximum Gasteiger partial charge on any atom is 0.251 e. The van der Waals surface area contributed by atoms with Crippen molar-refractivity contribution in [3.8, 4) is 0 Å². The lowest BCUT2D eigenvalue weighted by Gasteiger charge is -2.32. The summed E-state index contributed by atoms with van der Waals surface area (Å²) in [7, 11) is 0. The Bertz CT molecular complexity index is 1250. The quantitative estimate of drug-likeness (QED) is 0.424. The Morgan fingerprint density at radius 2 is 1.84 bits per heavy atom. The van der Waals surface area contributed by atoms with Gasteiger partial charge in [0.15, 0.2) is 0 Å². The van der Waals surface area contributed by atoms with Crippen molar-refractivity contribution in [3.05, 3.63) is 78.5 Å². The van der Waals surface area contributed by atoms with E-state index >= 15 is 0 Å². The van der Waals surface area contributed by atoms with Gasteiger partial charge in [0.25, 0.3) is 5.91 Å². The molecule has 0 bridgehead atoms. The Morgan fingerprint density at radius 3 is 2.62 bits per heavy atom. The van der Waals surface area contributed by atoms with Crippen LogP contribution in [0, 0.1) is 0 Å². The van der Waals surface area contributed by atoms with Crippen LogP contribution >= 0.6 is 0 Å². The average molecular weight is 425 g/mol. The van der Waals surface area contributed by atoms with Crippen LogP contribution in [0.4, 0.5) is 11.4 Å². The monoisotopic (exact) mass is 424 g/mol. The first-order chi connectivity index (χ1) is 15.7. The minimum atomic E-state index is 0.000309. The first kappa shape index (κ1) is 20.5. The highest BCUT2D eigenvalue weighted by Crippen LogP contribution is 2.29. The fraction of sp³-hybridized carbons (Fsp3) is 0.259. The number of aromatic nitrogens is 1. The lowest BCUT2D eigenvalue weighted by Crippen LogP contribution is -2.47. The zero-order valence-electron chi connectivity index (χ0n) is 18.3. The van der Waals surface area contributed by atoms with E-state index in [1.54, 1.807) is 0 Å². The fourth-order valence-electron chi connectivity index (χ4n) is 4.53. The topological polar surface area (TPSA) is 57.3 Å². The molecule has 0 radical (unpaired) electrons. The minimum absolute atomic E-state index is 0.000309. The number of likely N-dealkylation sites (N-methyl/N-ethyl adjacent to an activating group) is 1. The summed E-state index contributed by atoms with van der Waals surface area (Å²) < 4.78 is 0. The highest BCUT2D eigenvalue weighted by molar-refractivity contribution is 6.02. The summed E-state index contributed by atoms with van der Waals surface area (Å²) in [5.74, 6) is 0.000309. The summed E-state index contributed by atoms with van der Waals surface area (Å²) in [5, 5.41) is 10.1. The number of nitrogens with zero attached hydrogens (tertiary/aromatic N) is 2. The summed E-state index contributed by atoms with van der Waals surface area (Å²) in [5.41, 5.74) is 3.59. The molecule has 0 saturated carbocycles. The van der Waals surface area contributed by atoms with Crippen molar-refractivity contribution in [1.82, 2.24) is 15.2 Å². The van der Waals surface area contributed by atoms with Crippen molar-refractivity contribution in [1.29, 1.82) is 0 Å². The SMILES string of the molecule is CCN1CCCC(NC(=O)c2ccc(Nc3ccnc4cc5ccccc5cc34)cc2)C1. The second-order valence-electron chi connectivity index (χ2n) is 8.48. The number of fused-ring (bicyclic) bond motifs is 2. The Labute approximate surface area is 188 Å². The molecule has 1 unspecified atom stereocenters. The third kappa shape index (κ3) is 4.30. The molecule has 2 N–H and O–H groups in total. The minimum Gasteiger partial charge on any atom is -0.355 e. The third-order valence-corrected chi connectivity index (χ3v) is 6.32. The van der Waals surface area contributed by atoms with Crippen molar-refractivity contribution < 1.29 is 4.79 Å². The number of piperidine rings is 1. The number of nitrogens with one attached hydrogen (secondary N) is 2. The number of hydrogen-bond acceptors (Lipinski definition) is 4. The number of pyridine rings is 1. The summed E-state index contributed by atoms with van der Waals surface area (Å²) in [6, 6.07) is 22.5. The standard InChI is InChI=1S/C27H28N4O/c1-2-31-15-5-8-23(18-31)30-27(32)19-9-11-22(12-10-19)29-25-13-14-28-26-17-21-7-4-3-6-20(21)16-24(25)26/h3-4,6-7,9-14,16-17,23H,2,5,8,15,18H2,1H3,(H,28,29)(H,30,32). The van der Waals surface area contributed by atoms with Gasteiger partial charge in [0.2, 0.25) is 0 Å². The molecule has 1 atom stereocenters. The van der Waals surface area contributed by atoms with Gasteiger partial charge in [-0.05, 0) is 79.2 Å². The number of amides is 1. The van der Waals surface area contributed by atoms with E-state index < -0.39 is 0 Å². The van der Waals surface area contributed by atoms with Gasteiger partial charge in [-0.15, -0.1) is 0 Å². The zero-order chi connectivity index (χ0) is 21.9. The van der Waals surface area contributed by atoms with E-state index in [2.05, 4.69) is 57.8 Å². The highest BCUT2D eigenvalue weighted by atomic mass is 16.1. The van der Waals surface area contributed by atoms with Gasteiger partial charge in [-0.1, -0.05) is 31.2 Å². The fourth-order valence-corrected chi connectivity index (χ4v) is 4.53. The van der Waals surface area contributed by atoms with Gasteiger partial charge >= 0.3 is 0 Å². The summed E-state index contributed by atoms with van der Waals surface area (Å²) >= 11 is 0. The zero-order valence-corrected chi connectivity index (χ0v) is 18.3. The molecule has 3 aromatic carbocycles. The van der Waals surface area contributed by atoms with Gasteiger partial charge in [0, 0.05) is 41.1 Å². The predicted molar refractivity (Wildman–Crippen MR) is 132 cm³/mol. The summed E-state index contributed by atoms with van der Waals surface area (Å²) in [6.07, 6.45) is 4.01. The molecule has 5 rings (SSSR count). The van der Waals surface area contributed by atoms with Gasteiger partial charge in [-0.2, -0.15) is 0 Å². The van der Waals surface area contributed by atoms with Crippen LogP contribution in [0.5, 0.6) is 0 Å². The number of carbonyl (C=O) groups excluding carboxylic acids is 1. The van der Waals surface area contributed by atoms with Crippen LogP contribution < -0.4 is 10.6 Å². The highest BCUT2D eigenvalue weighted by Gasteiger charge is 2.20. The third-order valence-electron chi connectivity index (χ3n) is 6.32. The first-order valence-corrected chi connectivity index (χ1v) is 11.4. The maximum absolute atomic E-state index is 12.7. The van der Waals surface area contributed by atoms with Gasteiger partial charge in [-0.25, -0.2) is 0 Å². The van der Waals surface area contributed by atoms with E-state index in [1.165, 1.54) is 10.8 Å². The Balaban J connectivity index is 1.32. The largest absolute Gasteiger partial charge is 0.355 e. The second-order valence-corrected chi connectivity index (χ2v) is 8.48. The Kier molecular flexibility index (Phi) is 5.73. The first-order valence-electron chi connectivity index (χ1n) is 11.4. The normalized spacial score (nSPS) is 16.8. The predicted octanol–water partition coefficient (Wildman–Crippen LogP) is 5.35. The van der Waals surface area contributed by atoms with E-state index in [9.17, 15) is 4.79 Å². The van der Waals surface area contributed by atoms with Crippen LogP contribution in [0.25, 0.3) is 21.7 Å². The summed E-state index contributed by atoms with van der Waals surface area (Å²) in [6.45, 7) is 5.27. The number of hydrogen-bond donors (Lipinski definition) is 2. The van der Waals surface area contributed by atoms with Crippen molar-refractivity contribution in [2.75, 3.05) is 25.0 Å². The molecule has 5 heteroatoms. The molecule has 1 fully saturated rings. The number of anilines is 2. The van der Waals surface area contributed by atoms with Gasteiger partial charge in [-0.3, -0.25) is 9.78 Å². The number of carbonyl (C=O) groups is 1. The van der Waals surface area contributed by atoms with Gasteiger partial charge in [0.05, 0.1) is 5.52 Å². The average Bonchev–Trinajstić information content (AvgIpc) is 2.83. The van der Waals surface area contributed by atoms with Crippen molar-refractivity contribution in [2.24, 2.45) is 0 Å². The Hall–Kier alpha value is -3.44. The smallest absolute Gasteiger partial charge is 0.251 e. The lowest BCUT2D eigenvalue weighted by molar-refractivity contribution is 0.0906. The molecule has 32 heavy (non-hydrogen) atoms. The second kappa shape index (κ2) is 8.97. The van der Waals surface area contributed by atoms with Crippen LogP contribution in [-0.4, -0.2) is 41.5 Å². The van der Waals surface area contributed by atoms with E-state index in [1.807, 2.05) is 42.6 Å². The molecule has 0 aliphatic carbocycles. The van der Waals surface area contributed by atoms with Crippen molar-refractivity contribution >= 4 is 39.0 Å². The molecule has 1 saturated heterocycles. The van der Waals surface area contributed by atoms with E-state index in [0.717, 1.165) is 54.8 Å². The van der Waals surface area contributed by atoms with E-state index in [-0.39, 0.29) is 11.9 Å². The number of benzene rings is 3. The van der Waals surface area contributed by atoms with Crippen LogP contribution in [0.15, 0.2) is 72.9 Å². The van der Waals surface area contributed by atoms with E-state index in [4.69, 9.17) is 0 Å².